The molecule has 4 N–H and O–H groups in total. The Balaban J connectivity index is 1.44. The monoisotopic (exact) mass is 521 g/mol. The first-order valence-electron chi connectivity index (χ1n) is 11.8. The Morgan fingerprint density at radius 1 is 1.00 bits per heavy atom. The minimum atomic E-state index is -0.334. The number of aromatic nitrogens is 7. The van der Waals surface area contributed by atoms with Crippen LogP contribution in [0.25, 0.3) is 49.0 Å². The summed E-state index contributed by atoms with van der Waals surface area (Å²) in [6, 6.07) is 14.1. The molecule has 7 aromatic rings. The molecule has 11 heteroatoms. The molecule has 38 heavy (non-hydrogen) atoms. The number of thiazole rings is 1. The maximum Gasteiger partial charge on any atom is 0.181 e. The van der Waals surface area contributed by atoms with Gasteiger partial charge in [-0.2, -0.15) is 5.10 Å². The molecule has 0 bridgehead atoms. The highest BCUT2D eigenvalue weighted by atomic mass is 32.1. The van der Waals surface area contributed by atoms with Gasteiger partial charge in [0.05, 0.1) is 38.5 Å². The Morgan fingerprint density at radius 3 is 2.68 bits per heavy atom. The number of nitrogens with zero attached hydrogens (tertiary/aromatic N) is 7. The fraction of sp³-hybridized carbons (Fsp3) is 0.0741. The van der Waals surface area contributed by atoms with Crippen molar-refractivity contribution < 1.29 is 4.39 Å². The number of halogens is 1. The molecule has 0 amide bonds. The number of nitrogen functional groups attached to an aromatic ring is 2. The van der Waals surface area contributed by atoms with Gasteiger partial charge in [0.2, 0.25) is 0 Å². The third-order valence-corrected chi connectivity index (χ3v) is 7.61. The molecule has 7 rings (SSSR count). The van der Waals surface area contributed by atoms with Gasteiger partial charge < -0.3 is 16.0 Å². The first-order chi connectivity index (χ1) is 18.5. The number of hydrogen-bond donors (Lipinski definition) is 2. The summed E-state index contributed by atoms with van der Waals surface area (Å²) in [6.45, 7) is 2.04. The van der Waals surface area contributed by atoms with Crippen LogP contribution in [0.1, 0.15) is 18.7 Å². The Labute approximate surface area is 219 Å². The summed E-state index contributed by atoms with van der Waals surface area (Å²) in [5, 5.41) is 7.03. The zero-order chi connectivity index (χ0) is 26.0. The molecular formula is C27H20FN9S. The molecule has 0 radical (unpaired) electrons. The number of benzene rings is 2. The van der Waals surface area contributed by atoms with Crippen LogP contribution >= 0.6 is 11.3 Å². The first-order valence-corrected chi connectivity index (χ1v) is 12.7. The van der Waals surface area contributed by atoms with Crippen molar-refractivity contribution >= 4 is 54.4 Å². The number of pyridine rings is 1. The molecule has 5 aromatic heterocycles. The van der Waals surface area contributed by atoms with E-state index in [1.807, 2.05) is 48.0 Å². The van der Waals surface area contributed by atoms with Crippen LogP contribution in [-0.2, 0) is 0 Å². The van der Waals surface area contributed by atoms with Crippen molar-refractivity contribution in [3.63, 3.8) is 0 Å². The van der Waals surface area contributed by atoms with Crippen molar-refractivity contribution in [2.75, 3.05) is 11.5 Å². The third-order valence-electron chi connectivity index (χ3n) is 6.75. The Kier molecular flexibility index (Phi) is 4.88. The Morgan fingerprint density at radius 2 is 1.84 bits per heavy atom. The molecule has 9 nitrogen and oxygen atoms in total. The van der Waals surface area contributed by atoms with E-state index in [1.165, 1.54) is 29.8 Å². The highest BCUT2D eigenvalue weighted by Crippen LogP contribution is 2.38. The summed E-state index contributed by atoms with van der Waals surface area (Å²) in [4.78, 5) is 17.4. The van der Waals surface area contributed by atoms with Crippen LogP contribution in [0.5, 0.6) is 0 Å². The second kappa shape index (κ2) is 8.32. The molecule has 2 aromatic carbocycles. The molecular weight excluding hydrogens is 501 g/mol. The Hall–Kier alpha value is -4.90. The van der Waals surface area contributed by atoms with Crippen LogP contribution < -0.4 is 11.5 Å². The Bertz CT molecular complexity index is 1990. The molecule has 0 aliphatic carbocycles. The largest absolute Gasteiger partial charge is 0.383 e. The van der Waals surface area contributed by atoms with E-state index < -0.39 is 0 Å². The van der Waals surface area contributed by atoms with Crippen molar-refractivity contribution in [3.8, 4) is 16.8 Å². The van der Waals surface area contributed by atoms with E-state index in [9.17, 15) is 4.39 Å². The van der Waals surface area contributed by atoms with Gasteiger partial charge in [-0.3, -0.25) is 4.98 Å². The number of anilines is 2. The van der Waals surface area contributed by atoms with Crippen LogP contribution in [-0.4, -0.2) is 34.3 Å². The lowest BCUT2D eigenvalue weighted by Crippen LogP contribution is -2.08. The van der Waals surface area contributed by atoms with Crippen molar-refractivity contribution in [1.29, 1.82) is 0 Å². The molecule has 0 aliphatic rings. The van der Waals surface area contributed by atoms with Gasteiger partial charge in [-0.25, -0.2) is 24.0 Å². The van der Waals surface area contributed by atoms with E-state index in [0.717, 1.165) is 43.5 Å². The quantitative estimate of drug-likeness (QED) is 0.319. The van der Waals surface area contributed by atoms with E-state index in [1.54, 1.807) is 23.1 Å². The molecule has 0 saturated carbocycles. The van der Waals surface area contributed by atoms with E-state index in [0.29, 0.717) is 22.1 Å². The lowest BCUT2D eigenvalue weighted by Gasteiger charge is -2.13. The third kappa shape index (κ3) is 3.40. The zero-order valence-electron chi connectivity index (χ0n) is 20.1. The predicted molar refractivity (Wildman–Crippen MR) is 148 cm³/mol. The number of hydrogen-bond acceptors (Lipinski definition) is 8. The standard InChI is InChI=1S/C27H20FN9S/c1-14(24-18-4-3-16(28)11-21(18)37(35-24)17-6-8-31-9-7-17)36-12-19(23-25(29)32-13-33-26(23)36)15-2-5-22-20(10-15)34-27(30)38-22/h2-14H,1H3,(H2,30,34)(H2,29,32,33). The van der Waals surface area contributed by atoms with Gasteiger partial charge in [-0.1, -0.05) is 17.4 Å². The minimum Gasteiger partial charge on any atom is -0.383 e. The summed E-state index contributed by atoms with van der Waals surface area (Å²) in [7, 11) is 0. The molecule has 0 aliphatic heterocycles. The zero-order valence-corrected chi connectivity index (χ0v) is 20.9. The van der Waals surface area contributed by atoms with Crippen LogP contribution in [0.2, 0.25) is 0 Å². The second-order valence-electron chi connectivity index (χ2n) is 8.98. The molecule has 5 heterocycles. The maximum absolute atomic E-state index is 14.3. The number of rotatable bonds is 4. The average Bonchev–Trinajstić information content (AvgIpc) is 3.61. The van der Waals surface area contributed by atoms with Gasteiger partial charge in [0, 0.05) is 35.6 Å². The maximum atomic E-state index is 14.3. The van der Waals surface area contributed by atoms with Gasteiger partial charge in [0.25, 0.3) is 0 Å². The summed E-state index contributed by atoms with van der Waals surface area (Å²) >= 11 is 1.44. The fourth-order valence-corrected chi connectivity index (χ4v) is 5.68. The average molecular weight is 522 g/mol. The normalized spacial score (nSPS) is 12.6. The van der Waals surface area contributed by atoms with Crippen molar-refractivity contribution in [2.24, 2.45) is 0 Å². The van der Waals surface area contributed by atoms with Crippen molar-refractivity contribution in [2.45, 2.75) is 13.0 Å². The number of nitrogens with two attached hydrogens (primary N) is 2. The molecule has 0 spiro atoms. The smallest absolute Gasteiger partial charge is 0.181 e. The van der Waals surface area contributed by atoms with Crippen molar-refractivity contribution in [1.82, 2.24) is 34.3 Å². The van der Waals surface area contributed by atoms with Crippen LogP contribution in [0.4, 0.5) is 15.3 Å². The summed E-state index contributed by atoms with van der Waals surface area (Å²) in [6.07, 6.45) is 6.84. The fourth-order valence-electron chi connectivity index (χ4n) is 4.97. The van der Waals surface area contributed by atoms with Crippen LogP contribution in [0.15, 0.2) is 73.4 Å². The van der Waals surface area contributed by atoms with Crippen LogP contribution in [0, 0.1) is 5.82 Å². The van der Waals surface area contributed by atoms with Crippen molar-refractivity contribution in [3.05, 3.63) is 85.0 Å². The highest BCUT2D eigenvalue weighted by Gasteiger charge is 2.24. The van der Waals surface area contributed by atoms with Gasteiger partial charge in [-0.15, -0.1) is 0 Å². The lowest BCUT2D eigenvalue weighted by atomic mass is 10.1. The van der Waals surface area contributed by atoms with Crippen LogP contribution in [0.3, 0.4) is 0 Å². The summed E-state index contributed by atoms with van der Waals surface area (Å²) in [5.41, 5.74) is 17.8. The van der Waals surface area contributed by atoms with E-state index in [-0.39, 0.29) is 11.9 Å². The SMILES string of the molecule is CC(c1nn(-c2ccncc2)c2cc(F)ccc12)n1cc(-c2ccc3sc(N)nc3c2)c2c(N)ncnc21. The molecule has 1 unspecified atom stereocenters. The minimum absolute atomic E-state index is 0.268. The summed E-state index contributed by atoms with van der Waals surface area (Å²) in [5.74, 6) is 0.0438. The van der Waals surface area contributed by atoms with Gasteiger partial charge in [-0.05, 0) is 48.9 Å². The highest BCUT2D eigenvalue weighted by molar-refractivity contribution is 7.22. The topological polar surface area (TPSA) is 126 Å². The first kappa shape index (κ1) is 22.3. The van der Waals surface area contributed by atoms with E-state index in [4.69, 9.17) is 16.6 Å². The molecule has 186 valence electrons. The van der Waals surface area contributed by atoms with Gasteiger partial charge >= 0.3 is 0 Å². The molecule has 0 saturated heterocycles. The number of fused-ring (bicyclic) bond motifs is 3. The lowest BCUT2D eigenvalue weighted by molar-refractivity contribution is 0.628. The van der Waals surface area contributed by atoms with E-state index >= 15 is 0 Å². The summed E-state index contributed by atoms with van der Waals surface area (Å²) < 4.78 is 19.1. The second-order valence-corrected chi connectivity index (χ2v) is 10.0. The molecule has 0 fully saturated rings. The van der Waals surface area contributed by atoms with E-state index in [2.05, 4.69) is 19.9 Å². The molecule has 1 atom stereocenters. The predicted octanol–water partition coefficient (Wildman–Crippen LogP) is 5.35. The van der Waals surface area contributed by atoms with Gasteiger partial charge in [0.15, 0.2) is 5.13 Å². The van der Waals surface area contributed by atoms with Gasteiger partial charge in [0.1, 0.15) is 23.6 Å².